The van der Waals surface area contributed by atoms with Gasteiger partial charge in [0.25, 0.3) is 0 Å². The van der Waals surface area contributed by atoms with Crippen LogP contribution in [-0.4, -0.2) is 0 Å². The maximum Gasteiger partial charge on any atom is 0.0520 e. The summed E-state index contributed by atoms with van der Waals surface area (Å²) in [5.74, 6) is 0. The van der Waals surface area contributed by atoms with Crippen molar-refractivity contribution in [3.8, 4) is 0 Å². The number of nitrogens with zero attached hydrogens (tertiary/aromatic N) is 2. The highest BCUT2D eigenvalue weighted by Crippen LogP contribution is 2.40. The van der Waals surface area contributed by atoms with Gasteiger partial charge in [-0.1, -0.05) is 145 Å². The molecule has 0 fully saturated rings. The summed E-state index contributed by atoms with van der Waals surface area (Å²) in [5.41, 5.74) is 19.4. The van der Waals surface area contributed by atoms with E-state index in [1.807, 2.05) is 0 Å². The molecular formula is C52H48N2. The topological polar surface area (TPSA) is 6.48 Å². The van der Waals surface area contributed by atoms with Gasteiger partial charge in [0.1, 0.15) is 0 Å². The lowest BCUT2D eigenvalue weighted by atomic mass is 10.0. The van der Waals surface area contributed by atoms with Crippen molar-refractivity contribution in [2.45, 2.75) is 41.5 Å². The zero-order valence-corrected chi connectivity index (χ0v) is 32.2. The summed E-state index contributed by atoms with van der Waals surface area (Å²) in [5, 5.41) is 0. The molecule has 7 aromatic carbocycles. The molecule has 0 amide bonds. The van der Waals surface area contributed by atoms with Crippen LogP contribution in [0.1, 0.15) is 55.6 Å². The molecule has 54 heavy (non-hydrogen) atoms. The Morgan fingerprint density at radius 1 is 0.296 bits per heavy atom. The minimum absolute atomic E-state index is 1.14. The Labute approximate surface area is 322 Å². The first kappa shape index (κ1) is 36.0. The van der Waals surface area contributed by atoms with Gasteiger partial charge in [-0.05, 0) is 135 Å². The number of hydrogen-bond donors (Lipinski definition) is 0. The van der Waals surface area contributed by atoms with Gasteiger partial charge in [-0.3, -0.25) is 0 Å². The summed E-state index contributed by atoms with van der Waals surface area (Å²) in [7, 11) is 0. The van der Waals surface area contributed by atoms with Crippen molar-refractivity contribution in [2.24, 2.45) is 0 Å². The Bertz CT molecular complexity index is 2180. The molecule has 0 aliphatic carbocycles. The third kappa shape index (κ3) is 8.14. The van der Waals surface area contributed by atoms with Crippen LogP contribution < -0.4 is 9.80 Å². The fourth-order valence-electron chi connectivity index (χ4n) is 7.59. The van der Waals surface area contributed by atoms with Gasteiger partial charge in [-0.2, -0.15) is 0 Å². The van der Waals surface area contributed by atoms with Gasteiger partial charge in [0.05, 0.1) is 11.4 Å². The van der Waals surface area contributed by atoms with Crippen molar-refractivity contribution in [3.05, 3.63) is 213 Å². The van der Waals surface area contributed by atoms with E-state index < -0.39 is 0 Å². The van der Waals surface area contributed by atoms with Crippen molar-refractivity contribution in [1.29, 1.82) is 0 Å². The largest absolute Gasteiger partial charge is 0.310 e. The number of aryl methyl sites for hydroxylation is 6. The highest BCUT2D eigenvalue weighted by molar-refractivity contribution is 5.83. The van der Waals surface area contributed by atoms with E-state index in [-0.39, 0.29) is 0 Å². The minimum atomic E-state index is 1.14. The average Bonchev–Trinajstić information content (AvgIpc) is 3.17. The number of anilines is 6. The molecule has 7 aromatic rings. The highest BCUT2D eigenvalue weighted by atomic mass is 15.2. The van der Waals surface area contributed by atoms with E-state index in [0.717, 1.165) is 33.9 Å². The lowest BCUT2D eigenvalue weighted by Crippen LogP contribution is -2.13. The molecule has 7 rings (SSSR count). The molecular weight excluding hydrogens is 653 g/mol. The van der Waals surface area contributed by atoms with Gasteiger partial charge in [0.15, 0.2) is 0 Å². The van der Waals surface area contributed by atoms with Crippen LogP contribution in [0.15, 0.2) is 158 Å². The van der Waals surface area contributed by atoms with Gasteiger partial charge in [-0.25, -0.2) is 0 Å². The Balaban J connectivity index is 1.05. The van der Waals surface area contributed by atoms with Crippen molar-refractivity contribution < 1.29 is 0 Å². The molecule has 2 heteroatoms. The molecule has 0 heterocycles. The minimum Gasteiger partial charge on any atom is -0.310 e. The predicted molar refractivity (Wildman–Crippen MR) is 235 cm³/mol. The molecule has 0 aromatic heterocycles. The van der Waals surface area contributed by atoms with Crippen LogP contribution in [0.5, 0.6) is 0 Å². The van der Waals surface area contributed by atoms with Gasteiger partial charge in [0, 0.05) is 22.7 Å². The quantitative estimate of drug-likeness (QED) is 0.131. The normalized spacial score (nSPS) is 11.4. The van der Waals surface area contributed by atoms with Crippen LogP contribution >= 0.6 is 0 Å². The summed E-state index contributed by atoms with van der Waals surface area (Å²) in [6.45, 7) is 13.1. The van der Waals surface area contributed by atoms with E-state index in [2.05, 4.69) is 233 Å². The average molecular weight is 701 g/mol. The smallest absolute Gasteiger partial charge is 0.0520 e. The van der Waals surface area contributed by atoms with Crippen molar-refractivity contribution in [2.75, 3.05) is 9.80 Å². The molecule has 0 aliphatic heterocycles. The molecule has 0 radical (unpaired) electrons. The summed E-state index contributed by atoms with van der Waals surface area (Å²) in [6.07, 6.45) is 8.73. The van der Waals surface area contributed by atoms with Gasteiger partial charge in [0.2, 0.25) is 0 Å². The van der Waals surface area contributed by atoms with Gasteiger partial charge >= 0.3 is 0 Å². The Kier molecular flexibility index (Phi) is 10.7. The Morgan fingerprint density at radius 2 is 0.537 bits per heavy atom. The molecule has 0 aliphatic rings. The molecule has 0 saturated carbocycles. The summed E-state index contributed by atoms with van der Waals surface area (Å²) in [6, 6.07) is 56.7. The zero-order valence-electron chi connectivity index (χ0n) is 32.2. The first-order valence-corrected chi connectivity index (χ1v) is 18.8. The second kappa shape index (κ2) is 16.1. The SMILES string of the molecule is Cc1cc(C)c(N(c2ccccc2)c2ccc(/C=C/c3ccc(/C=C/c4ccc(N(c5ccccc5)c5c(C)cc(C)cc5C)cc4)cc3)cc2)c(C)c1. The molecule has 0 N–H and O–H groups in total. The third-order valence-corrected chi connectivity index (χ3v) is 9.92. The maximum atomic E-state index is 2.37. The van der Waals surface area contributed by atoms with Crippen LogP contribution in [0.25, 0.3) is 24.3 Å². The second-order valence-electron chi connectivity index (χ2n) is 14.4. The van der Waals surface area contributed by atoms with E-state index in [0.29, 0.717) is 0 Å². The number of rotatable bonds is 10. The molecule has 0 unspecified atom stereocenters. The van der Waals surface area contributed by atoms with E-state index in [1.54, 1.807) is 0 Å². The Morgan fingerprint density at radius 3 is 0.815 bits per heavy atom. The van der Waals surface area contributed by atoms with Crippen molar-refractivity contribution >= 4 is 58.4 Å². The van der Waals surface area contributed by atoms with Crippen LogP contribution in [0, 0.1) is 41.5 Å². The first-order valence-electron chi connectivity index (χ1n) is 18.8. The molecule has 0 saturated heterocycles. The predicted octanol–water partition coefficient (Wildman–Crippen LogP) is 14.8. The zero-order chi connectivity index (χ0) is 37.6. The lowest BCUT2D eigenvalue weighted by Gasteiger charge is -2.29. The summed E-state index contributed by atoms with van der Waals surface area (Å²) in [4.78, 5) is 4.73. The highest BCUT2D eigenvalue weighted by Gasteiger charge is 2.18. The molecule has 266 valence electrons. The standard InChI is InChI=1S/C52H48N2/c1-37-33-39(3)51(40(4)34-37)53(47-13-9-7-10-14-47)49-29-25-45(26-30-49)23-21-43-17-19-44(20-18-43)22-24-46-27-31-50(32-28-46)54(48-15-11-8-12-16-48)52-41(5)35-38(2)36-42(52)6/h7-36H,1-6H3/b23-21+,24-22+. The number of hydrogen-bond acceptors (Lipinski definition) is 2. The van der Waals surface area contributed by atoms with E-state index >= 15 is 0 Å². The fraction of sp³-hybridized carbons (Fsp3) is 0.115. The molecule has 2 nitrogen and oxygen atoms in total. The molecule has 0 atom stereocenters. The lowest BCUT2D eigenvalue weighted by molar-refractivity contribution is 1.20. The van der Waals surface area contributed by atoms with Crippen LogP contribution in [0.3, 0.4) is 0 Å². The monoisotopic (exact) mass is 700 g/mol. The molecule has 0 bridgehead atoms. The second-order valence-corrected chi connectivity index (χ2v) is 14.4. The van der Waals surface area contributed by atoms with E-state index in [1.165, 1.54) is 55.9 Å². The molecule has 0 spiro atoms. The Hall–Kier alpha value is -6.38. The maximum absolute atomic E-state index is 2.37. The summed E-state index contributed by atoms with van der Waals surface area (Å²) >= 11 is 0. The van der Waals surface area contributed by atoms with Crippen molar-refractivity contribution in [3.63, 3.8) is 0 Å². The first-order chi connectivity index (χ1) is 26.2. The fourth-order valence-corrected chi connectivity index (χ4v) is 7.59. The third-order valence-electron chi connectivity index (χ3n) is 9.92. The van der Waals surface area contributed by atoms with E-state index in [9.17, 15) is 0 Å². The van der Waals surface area contributed by atoms with E-state index in [4.69, 9.17) is 0 Å². The van der Waals surface area contributed by atoms with Crippen molar-refractivity contribution in [1.82, 2.24) is 0 Å². The van der Waals surface area contributed by atoms with Crippen LogP contribution in [0.2, 0.25) is 0 Å². The van der Waals surface area contributed by atoms with Gasteiger partial charge in [-0.15, -0.1) is 0 Å². The van der Waals surface area contributed by atoms with Crippen LogP contribution in [-0.2, 0) is 0 Å². The number of para-hydroxylation sites is 2. The van der Waals surface area contributed by atoms with Gasteiger partial charge < -0.3 is 9.80 Å². The van der Waals surface area contributed by atoms with Crippen LogP contribution in [0.4, 0.5) is 34.1 Å². The summed E-state index contributed by atoms with van der Waals surface area (Å²) < 4.78 is 0. The number of benzene rings is 7.